The third-order valence-electron chi connectivity index (χ3n) is 9.15. The van der Waals surface area contributed by atoms with E-state index in [-0.39, 0.29) is 29.6 Å². The van der Waals surface area contributed by atoms with Crippen molar-refractivity contribution in [2.24, 2.45) is 10.9 Å². The Balaban J connectivity index is 1.19. The molecule has 3 aromatic heterocycles. The Morgan fingerprint density at radius 1 is 1.06 bits per heavy atom. The molecule has 0 radical (unpaired) electrons. The molecule has 48 heavy (non-hydrogen) atoms. The van der Waals surface area contributed by atoms with Gasteiger partial charge in [0.15, 0.2) is 10.8 Å². The standard InChI is InChI=1S/C32H31ClF3N7O3S2/c33-23-15-19(34)6-9-22(23)28-27(24-10-13-43(40-24)32(35)36)26-16-20(17-42(26)30(39-28)31-38-12-14-47-31)41-48(45,46)21-7-4-18(5-8-21)29(44)25-3-1-2-11-37-25/h1-3,6,9-15,18,20-21,28-29,32,41,44H,4-5,7-8,16-17H2/t18?,20?,21?,28-,29?/m0/s1. The number of alkyl halides is 2. The number of aromatic nitrogens is 4. The summed E-state index contributed by atoms with van der Waals surface area (Å²) >= 11 is 7.88. The quantitative estimate of drug-likeness (QED) is 0.214. The van der Waals surface area contributed by atoms with Gasteiger partial charge in [-0.15, -0.1) is 11.3 Å². The van der Waals surface area contributed by atoms with E-state index >= 15 is 0 Å². The van der Waals surface area contributed by atoms with Crippen molar-refractivity contribution in [2.75, 3.05) is 6.54 Å². The minimum absolute atomic E-state index is 0.0974. The monoisotopic (exact) mass is 717 g/mol. The minimum atomic E-state index is -3.79. The molecule has 0 bridgehead atoms. The molecule has 4 aromatic rings. The lowest BCUT2D eigenvalue weighted by Crippen LogP contribution is -2.44. The molecule has 2 aliphatic heterocycles. The molecular weight excluding hydrogens is 687 g/mol. The lowest BCUT2D eigenvalue weighted by atomic mass is 9.84. The van der Waals surface area contributed by atoms with Gasteiger partial charge < -0.3 is 10.0 Å². The average Bonchev–Trinajstić information content (AvgIpc) is 3.86. The number of aliphatic hydroxyl groups is 1. The highest BCUT2D eigenvalue weighted by atomic mass is 35.5. The molecule has 3 atom stereocenters. The maximum absolute atomic E-state index is 14.1. The van der Waals surface area contributed by atoms with E-state index < -0.39 is 45.8 Å². The molecule has 3 aliphatic rings. The number of halogens is 4. The number of hydrogen-bond donors (Lipinski definition) is 2. The van der Waals surface area contributed by atoms with Gasteiger partial charge in [-0.3, -0.25) is 9.98 Å². The van der Waals surface area contributed by atoms with Crippen LogP contribution in [0, 0.1) is 11.7 Å². The molecule has 0 spiro atoms. The molecule has 5 heterocycles. The number of aliphatic imine (C=N–C) groups is 1. The fourth-order valence-corrected chi connectivity index (χ4v) is 9.49. The van der Waals surface area contributed by atoms with Crippen LogP contribution in [-0.4, -0.2) is 61.8 Å². The van der Waals surface area contributed by atoms with Crippen LogP contribution in [0.15, 0.2) is 77.1 Å². The summed E-state index contributed by atoms with van der Waals surface area (Å²) in [5, 5.41) is 16.8. The van der Waals surface area contributed by atoms with E-state index in [1.165, 1.54) is 29.5 Å². The van der Waals surface area contributed by atoms with Crippen LogP contribution in [0.5, 0.6) is 0 Å². The maximum Gasteiger partial charge on any atom is 0.333 e. The van der Waals surface area contributed by atoms with Crippen LogP contribution >= 0.6 is 22.9 Å². The van der Waals surface area contributed by atoms with Crippen molar-refractivity contribution in [1.29, 1.82) is 0 Å². The first kappa shape index (κ1) is 32.9. The van der Waals surface area contributed by atoms with Gasteiger partial charge in [-0.05, 0) is 61.9 Å². The van der Waals surface area contributed by atoms with Crippen LogP contribution < -0.4 is 4.72 Å². The lowest BCUT2D eigenvalue weighted by Gasteiger charge is -2.32. The molecule has 1 saturated carbocycles. The fourth-order valence-electron chi connectivity index (χ4n) is 6.87. The highest BCUT2D eigenvalue weighted by Crippen LogP contribution is 2.46. The Morgan fingerprint density at radius 3 is 2.54 bits per heavy atom. The number of nitrogens with zero attached hydrogens (tertiary/aromatic N) is 6. The van der Waals surface area contributed by atoms with Crippen LogP contribution in [0.4, 0.5) is 13.2 Å². The minimum Gasteiger partial charge on any atom is -0.387 e. The Bertz CT molecular complexity index is 1950. The number of nitrogens with one attached hydrogen (secondary N) is 1. The molecule has 10 nitrogen and oxygen atoms in total. The molecule has 2 N–H and O–H groups in total. The molecule has 2 unspecified atom stereocenters. The number of thiazole rings is 1. The zero-order valence-corrected chi connectivity index (χ0v) is 27.7. The second-order valence-corrected chi connectivity index (χ2v) is 15.4. The van der Waals surface area contributed by atoms with E-state index in [1.807, 2.05) is 11.0 Å². The average molecular weight is 718 g/mol. The van der Waals surface area contributed by atoms with E-state index in [4.69, 9.17) is 16.6 Å². The largest absolute Gasteiger partial charge is 0.387 e. The number of hydrogen-bond acceptors (Lipinski definition) is 9. The van der Waals surface area contributed by atoms with E-state index in [1.54, 1.807) is 29.9 Å². The van der Waals surface area contributed by atoms with Gasteiger partial charge in [-0.2, -0.15) is 13.9 Å². The van der Waals surface area contributed by atoms with Crippen LogP contribution in [0.1, 0.15) is 72.8 Å². The van der Waals surface area contributed by atoms with E-state index in [0.717, 1.165) is 12.3 Å². The van der Waals surface area contributed by atoms with Crippen molar-refractivity contribution < 1.29 is 26.7 Å². The number of rotatable bonds is 9. The third-order valence-corrected chi connectivity index (χ3v) is 12.3. The van der Waals surface area contributed by atoms with E-state index in [9.17, 15) is 26.7 Å². The van der Waals surface area contributed by atoms with Gasteiger partial charge in [-0.25, -0.2) is 27.2 Å². The number of pyridine rings is 1. The maximum atomic E-state index is 14.1. The number of aliphatic hydroxyl groups excluding tert-OH is 1. The highest BCUT2D eigenvalue weighted by molar-refractivity contribution is 7.90. The van der Waals surface area contributed by atoms with Gasteiger partial charge in [0.25, 0.3) is 0 Å². The van der Waals surface area contributed by atoms with Gasteiger partial charge >= 0.3 is 6.55 Å². The Labute approximate surface area is 284 Å². The molecular formula is C32H31ClF3N7O3S2. The summed E-state index contributed by atoms with van der Waals surface area (Å²) in [6, 6.07) is 9.29. The normalized spacial score (nSPS) is 23.8. The highest BCUT2D eigenvalue weighted by Gasteiger charge is 2.43. The molecule has 0 amide bonds. The van der Waals surface area contributed by atoms with Crippen molar-refractivity contribution in [3.63, 3.8) is 0 Å². The Morgan fingerprint density at radius 2 is 1.88 bits per heavy atom. The summed E-state index contributed by atoms with van der Waals surface area (Å²) in [4.78, 5) is 15.6. The predicted octanol–water partition coefficient (Wildman–Crippen LogP) is 6.12. The second-order valence-electron chi connectivity index (χ2n) is 12.1. The molecule has 252 valence electrons. The lowest BCUT2D eigenvalue weighted by molar-refractivity contribution is 0.0564. The summed E-state index contributed by atoms with van der Waals surface area (Å²) in [5.74, 6) is -0.176. The summed E-state index contributed by atoms with van der Waals surface area (Å²) in [6.45, 7) is -2.67. The zero-order valence-electron chi connectivity index (χ0n) is 25.3. The second kappa shape index (κ2) is 13.3. The third kappa shape index (κ3) is 6.41. The van der Waals surface area contributed by atoms with Crippen LogP contribution in [0.3, 0.4) is 0 Å². The van der Waals surface area contributed by atoms with Crippen molar-refractivity contribution in [3.8, 4) is 0 Å². The SMILES string of the molecule is O=S(=O)(NC1CC2=C(c3ccn(C(F)F)n3)[C@H](c3ccc(F)cc3Cl)N=C(c3nccs3)N2C1)C1CCC(C(O)c2ccccn2)CC1. The van der Waals surface area contributed by atoms with E-state index in [2.05, 4.69) is 19.8 Å². The van der Waals surface area contributed by atoms with Crippen LogP contribution in [-0.2, 0) is 10.0 Å². The van der Waals surface area contributed by atoms with Gasteiger partial charge in [0.05, 0.1) is 22.7 Å². The molecule has 1 aromatic carbocycles. The summed E-state index contributed by atoms with van der Waals surface area (Å²) in [7, 11) is -3.79. The molecule has 2 fully saturated rings. The Hall–Kier alpha value is -3.63. The van der Waals surface area contributed by atoms with Crippen LogP contribution in [0.25, 0.3) is 5.57 Å². The number of amidine groups is 1. The van der Waals surface area contributed by atoms with E-state index in [0.29, 0.717) is 63.7 Å². The van der Waals surface area contributed by atoms with Crippen LogP contribution in [0.2, 0.25) is 5.02 Å². The van der Waals surface area contributed by atoms with Gasteiger partial charge in [0, 0.05) is 64.8 Å². The van der Waals surface area contributed by atoms with Gasteiger partial charge in [0.1, 0.15) is 11.9 Å². The zero-order chi connectivity index (χ0) is 33.6. The molecule has 1 aliphatic carbocycles. The number of benzene rings is 1. The van der Waals surface area contributed by atoms with Crippen molar-refractivity contribution in [2.45, 2.75) is 62.1 Å². The predicted molar refractivity (Wildman–Crippen MR) is 175 cm³/mol. The first-order valence-electron chi connectivity index (χ1n) is 15.5. The summed E-state index contributed by atoms with van der Waals surface area (Å²) in [5.41, 5.74) is 2.33. The fraction of sp³-hybridized carbons (Fsp3) is 0.375. The molecule has 7 rings (SSSR count). The molecule has 16 heteroatoms. The first-order valence-corrected chi connectivity index (χ1v) is 18.3. The summed E-state index contributed by atoms with van der Waals surface area (Å²) < 4.78 is 72.4. The van der Waals surface area contributed by atoms with Gasteiger partial charge in [0.2, 0.25) is 10.0 Å². The molecule has 1 saturated heterocycles. The van der Waals surface area contributed by atoms with Crippen molar-refractivity contribution in [3.05, 3.63) is 105 Å². The summed E-state index contributed by atoms with van der Waals surface area (Å²) in [6.07, 6.45) is 5.70. The smallest absolute Gasteiger partial charge is 0.333 e. The van der Waals surface area contributed by atoms with Gasteiger partial charge in [-0.1, -0.05) is 23.7 Å². The topological polar surface area (TPSA) is 126 Å². The van der Waals surface area contributed by atoms with Crippen molar-refractivity contribution >= 4 is 44.4 Å². The number of fused-ring (bicyclic) bond motifs is 1. The first-order chi connectivity index (χ1) is 23.1. The Kier molecular flexibility index (Phi) is 9.15. The number of sulfonamides is 1. The van der Waals surface area contributed by atoms with Crippen molar-refractivity contribution in [1.82, 2.24) is 29.4 Å².